The molecule has 0 bridgehead atoms. The summed E-state index contributed by atoms with van der Waals surface area (Å²) in [5, 5.41) is 12.3. The molecule has 0 radical (unpaired) electrons. The molecule has 1 rings (SSSR count). The number of hydrogen-bond donors (Lipinski definition) is 2. The average molecular weight is 245 g/mol. The van der Waals surface area contributed by atoms with E-state index in [1.165, 1.54) is 0 Å². The van der Waals surface area contributed by atoms with Crippen LogP contribution in [-0.2, 0) is 4.79 Å². The molecule has 18 heavy (non-hydrogen) atoms. The number of carboxylic acids is 1. The van der Waals surface area contributed by atoms with Crippen molar-refractivity contribution in [1.29, 1.82) is 0 Å². The van der Waals surface area contributed by atoms with E-state index in [2.05, 4.69) is 11.9 Å². The van der Waals surface area contributed by atoms with Gasteiger partial charge in [-0.3, -0.25) is 0 Å². The van der Waals surface area contributed by atoms with Crippen molar-refractivity contribution >= 4 is 5.97 Å². The second kappa shape index (κ2) is 6.64. The van der Waals surface area contributed by atoms with Crippen molar-refractivity contribution in [3.8, 4) is 0 Å². The van der Waals surface area contributed by atoms with Crippen LogP contribution in [0.4, 0.5) is 0 Å². The minimum atomic E-state index is -0.903. The van der Waals surface area contributed by atoms with E-state index in [1.807, 2.05) is 37.3 Å². The molecule has 3 heteroatoms. The second-order valence-corrected chi connectivity index (χ2v) is 4.18. The summed E-state index contributed by atoms with van der Waals surface area (Å²) in [7, 11) is 0. The van der Waals surface area contributed by atoms with Gasteiger partial charge in [-0.2, -0.15) is 0 Å². The molecule has 0 saturated heterocycles. The first-order valence-electron chi connectivity index (χ1n) is 5.91. The fourth-order valence-electron chi connectivity index (χ4n) is 1.78. The summed E-state index contributed by atoms with van der Waals surface area (Å²) in [6.07, 6.45) is 1.96. The van der Waals surface area contributed by atoms with Gasteiger partial charge in [-0.1, -0.05) is 36.4 Å². The molecule has 0 unspecified atom stereocenters. The van der Waals surface area contributed by atoms with Crippen LogP contribution in [0.5, 0.6) is 0 Å². The Morgan fingerprint density at radius 2 is 2.06 bits per heavy atom. The van der Waals surface area contributed by atoms with Crippen molar-refractivity contribution in [2.75, 3.05) is 0 Å². The standard InChI is InChI=1S/C15H19NO2/c1-4-8-14(15(17)18)12(3)16-11(2)13-9-6-5-7-10-13/h4-7,9-11,16H,1,8H2,2-3H3,(H,17,18)/b14-12-/t11-/m0/s1. The Bertz CT molecular complexity index is 449. The molecule has 96 valence electrons. The molecule has 3 nitrogen and oxygen atoms in total. The lowest BCUT2D eigenvalue weighted by atomic mass is 10.1. The molecular weight excluding hydrogens is 226 g/mol. The first kappa shape index (κ1) is 14.0. The van der Waals surface area contributed by atoms with Crippen LogP contribution < -0.4 is 5.32 Å². The van der Waals surface area contributed by atoms with E-state index in [4.69, 9.17) is 5.11 Å². The predicted octanol–water partition coefficient (Wildman–Crippen LogP) is 3.27. The van der Waals surface area contributed by atoms with Crippen LogP contribution in [0.25, 0.3) is 0 Å². The molecule has 0 amide bonds. The van der Waals surface area contributed by atoms with Crippen molar-refractivity contribution in [2.45, 2.75) is 26.3 Å². The van der Waals surface area contributed by atoms with E-state index in [0.717, 1.165) is 5.56 Å². The van der Waals surface area contributed by atoms with Crippen LogP contribution in [0.2, 0.25) is 0 Å². The molecule has 0 aliphatic carbocycles. The number of benzene rings is 1. The normalized spacial score (nSPS) is 13.4. The molecule has 0 heterocycles. The van der Waals surface area contributed by atoms with Gasteiger partial charge in [0.25, 0.3) is 0 Å². The first-order valence-corrected chi connectivity index (χ1v) is 5.91. The summed E-state index contributed by atoms with van der Waals surface area (Å²) < 4.78 is 0. The van der Waals surface area contributed by atoms with E-state index in [-0.39, 0.29) is 6.04 Å². The van der Waals surface area contributed by atoms with E-state index in [0.29, 0.717) is 17.7 Å². The largest absolute Gasteiger partial charge is 0.478 e. The minimum Gasteiger partial charge on any atom is -0.478 e. The Labute approximate surface area is 108 Å². The Morgan fingerprint density at radius 1 is 1.44 bits per heavy atom. The lowest BCUT2D eigenvalue weighted by molar-refractivity contribution is -0.132. The van der Waals surface area contributed by atoms with Gasteiger partial charge in [-0.15, -0.1) is 6.58 Å². The fraction of sp³-hybridized carbons (Fsp3) is 0.267. The molecule has 0 fully saturated rings. The third kappa shape index (κ3) is 3.77. The number of rotatable bonds is 6. The SMILES string of the molecule is C=CC/C(C(=O)O)=C(\C)N[C@@H](C)c1ccccc1. The number of aliphatic carboxylic acids is 1. The van der Waals surface area contributed by atoms with Gasteiger partial charge in [-0.05, 0) is 25.8 Å². The smallest absolute Gasteiger partial charge is 0.333 e. The molecule has 1 atom stereocenters. The monoisotopic (exact) mass is 245 g/mol. The van der Waals surface area contributed by atoms with Gasteiger partial charge in [0, 0.05) is 11.7 Å². The molecule has 0 aromatic heterocycles. The number of allylic oxidation sites excluding steroid dienone is 2. The summed E-state index contributed by atoms with van der Waals surface area (Å²) in [6, 6.07) is 9.99. The lowest BCUT2D eigenvalue weighted by Crippen LogP contribution is -2.20. The van der Waals surface area contributed by atoms with Crippen LogP contribution in [0.15, 0.2) is 54.3 Å². The summed E-state index contributed by atoms with van der Waals surface area (Å²) in [4.78, 5) is 11.1. The van der Waals surface area contributed by atoms with Crippen LogP contribution >= 0.6 is 0 Å². The minimum absolute atomic E-state index is 0.0744. The molecular formula is C15H19NO2. The molecule has 1 aromatic carbocycles. The third-order valence-corrected chi connectivity index (χ3v) is 2.79. The zero-order chi connectivity index (χ0) is 13.5. The van der Waals surface area contributed by atoms with Gasteiger partial charge >= 0.3 is 5.97 Å². The quantitative estimate of drug-likeness (QED) is 0.597. The van der Waals surface area contributed by atoms with Crippen molar-refractivity contribution in [3.63, 3.8) is 0 Å². The number of nitrogens with one attached hydrogen (secondary N) is 1. The fourth-order valence-corrected chi connectivity index (χ4v) is 1.78. The maximum absolute atomic E-state index is 11.1. The third-order valence-electron chi connectivity index (χ3n) is 2.79. The highest BCUT2D eigenvalue weighted by Crippen LogP contribution is 2.15. The molecule has 0 spiro atoms. The van der Waals surface area contributed by atoms with Gasteiger partial charge in [-0.25, -0.2) is 4.79 Å². The predicted molar refractivity (Wildman–Crippen MR) is 73.1 cm³/mol. The zero-order valence-corrected chi connectivity index (χ0v) is 10.8. The molecule has 2 N–H and O–H groups in total. The van der Waals surface area contributed by atoms with E-state index in [9.17, 15) is 4.79 Å². The summed E-state index contributed by atoms with van der Waals surface area (Å²) >= 11 is 0. The van der Waals surface area contributed by atoms with Gasteiger partial charge in [0.05, 0.1) is 5.57 Å². The highest BCUT2D eigenvalue weighted by atomic mass is 16.4. The molecule has 0 aliphatic rings. The lowest BCUT2D eigenvalue weighted by Gasteiger charge is -2.17. The summed E-state index contributed by atoms with van der Waals surface area (Å²) in [5.41, 5.74) is 2.16. The Kier molecular flexibility index (Phi) is 5.18. The van der Waals surface area contributed by atoms with Crippen molar-refractivity contribution in [3.05, 3.63) is 59.8 Å². The second-order valence-electron chi connectivity index (χ2n) is 4.18. The van der Waals surface area contributed by atoms with Gasteiger partial charge < -0.3 is 10.4 Å². The Hall–Kier alpha value is -2.03. The number of hydrogen-bond acceptors (Lipinski definition) is 2. The highest BCUT2D eigenvalue weighted by molar-refractivity contribution is 5.87. The molecule has 0 aliphatic heterocycles. The van der Waals surface area contributed by atoms with Crippen LogP contribution in [-0.4, -0.2) is 11.1 Å². The summed E-state index contributed by atoms with van der Waals surface area (Å²) in [6.45, 7) is 7.37. The zero-order valence-electron chi connectivity index (χ0n) is 10.8. The van der Waals surface area contributed by atoms with E-state index >= 15 is 0 Å². The molecule has 0 saturated carbocycles. The Balaban J connectivity index is 2.85. The van der Waals surface area contributed by atoms with Crippen molar-refractivity contribution < 1.29 is 9.90 Å². The van der Waals surface area contributed by atoms with Crippen LogP contribution in [0.1, 0.15) is 31.9 Å². The topological polar surface area (TPSA) is 49.3 Å². The van der Waals surface area contributed by atoms with Gasteiger partial charge in [0.1, 0.15) is 0 Å². The highest BCUT2D eigenvalue weighted by Gasteiger charge is 2.12. The van der Waals surface area contributed by atoms with E-state index < -0.39 is 5.97 Å². The van der Waals surface area contributed by atoms with Gasteiger partial charge in [0.2, 0.25) is 0 Å². The van der Waals surface area contributed by atoms with E-state index in [1.54, 1.807) is 13.0 Å². The number of carbonyl (C=O) groups is 1. The van der Waals surface area contributed by atoms with Crippen molar-refractivity contribution in [1.82, 2.24) is 5.32 Å². The first-order chi connectivity index (χ1) is 8.56. The van der Waals surface area contributed by atoms with Crippen molar-refractivity contribution in [2.24, 2.45) is 0 Å². The Morgan fingerprint density at radius 3 is 2.56 bits per heavy atom. The summed E-state index contributed by atoms with van der Waals surface area (Å²) in [5.74, 6) is -0.903. The number of carboxylic acid groups (broad SMARTS) is 1. The maximum Gasteiger partial charge on any atom is 0.333 e. The average Bonchev–Trinajstić information content (AvgIpc) is 2.36. The maximum atomic E-state index is 11.1. The van der Waals surface area contributed by atoms with Gasteiger partial charge in [0.15, 0.2) is 0 Å². The van der Waals surface area contributed by atoms with Crippen LogP contribution in [0.3, 0.4) is 0 Å². The molecule has 1 aromatic rings. The van der Waals surface area contributed by atoms with Crippen LogP contribution in [0, 0.1) is 0 Å².